The molecule has 2 rings (SSSR count). The molecule has 6 heteroatoms. The van der Waals surface area contributed by atoms with Crippen molar-refractivity contribution in [3.05, 3.63) is 59.2 Å². The number of ether oxygens (including phenoxy) is 3. The second-order valence-corrected chi connectivity index (χ2v) is 6.56. The van der Waals surface area contributed by atoms with E-state index in [1.54, 1.807) is 7.11 Å². The molecule has 0 radical (unpaired) electrons. The number of rotatable bonds is 9. The first kappa shape index (κ1) is 21.3. The lowest BCUT2D eigenvalue weighted by Crippen LogP contribution is -2.31. The monoisotopic (exact) mass is 385 g/mol. The first-order chi connectivity index (χ1) is 13.4. The molecule has 0 aliphatic heterocycles. The van der Waals surface area contributed by atoms with Crippen molar-refractivity contribution in [2.24, 2.45) is 0 Å². The molecule has 2 aromatic rings. The van der Waals surface area contributed by atoms with Crippen LogP contribution < -0.4 is 14.8 Å². The lowest BCUT2D eigenvalue weighted by atomic mass is 10.1. The summed E-state index contributed by atoms with van der Waals surface area (Å²) in [5.41, 5.74) is 2.94. The van der Waals surface area contributed by atoms with E-state index in [1.165, 1.54) is 0 Å². The topological polar surface area (TPSA) is 73.9 Å². The van der Waals surface area contributed by atoms with Gasteiger partial charge in [0, 0.05) is 5.56 Å². The van der Waals surface area contributed by atoms with Gasteiger partial charge in [-0.2, -0.15) is 0 Å². The van der Waals surface area contributed by atoms with E-state index in [9.17, 15) is 9.59 Å². The third-order valence-electron chi connectivity index (χ3n) is 4.25. The molecule has 6 nitrogen and oxygen atoms in total. The highest BCUT2D eigenvalue weighted by atomic mass is 16.5. The maximum Gasteiger partial charge on any atom is 0.309 e. The van der Waals surface area contributed by atoms with Gasteiger partial charge >= 0.3 is 5.97 Å². The Balaban J connectivity index is 1.73. The van der Waals surface area contributed by atoms with Crippen LogP contribution in [0, 0.1) is 13.8 Å². The molecule has 0 saturated carbocycles. The number of amides is 1. The van der Waals surface area contributed by atoms with Crippen LogP contribution in [0.4, 0.5) is 0 Å². The summed E-state index contributed by atoms with van der Waals surface area (Å²) in [6.07, 6.45) is 0.0721. The molecule has 2 aromatic carbocycles. The zero-order chi connectivity index (χ0) is 20.5. The second kappa shape index (κ2) is 10.3. The van der Waals surface area contributed by atoms with Crippen LogP contribution in [-0.4, -0.2) is 32.2 Å². The van der Waals surface area contributed by atoms with Gasteiger partial charge in [-0.1, -0.05) is 30.3 Å². The highest BCUT2D eigenvalue weighted by Crippen LogP contribution is 2.24. The maximum atomic E-state index is 12.0. The molecule has 150 valence electrons. The number of carbonyl (C=O) groups is 2. The minimum absolute atomic E-state index is 0.0721. The minimum atomic E-state index is -0.481. The van der Waals surface area contributed by atoms with Crippen LogP contribution >= 0.6 is 0 Å². The molecule has 0 fully saturated rings. The van der Waals surface area contributed by atoms with Crippen LogP contribution in [0.5, 0.6) is 11.5 Å². The van der Waals surface area contributed by atoms with Gasteiger partial charge in [0.05, 0.1) is 26.2 Å². The number of benzene rings is 2. The van der Waals surface area contributed by atoms with Gasteiger partial charge in [-0.15, -0.1) is 0 Å². The Bertz CT molecular complexity index is 818. The summed E-state index contributed by atoms with van der Waals surface area (Å²) in [6, 6.07) is 13.1. The quantitative estimate of drug-likeness (QED) is 0.669. The lowest BCUT2D eigenvalue weighted by molar-refractivity contribution is -0.149. The molecule has 1 atom stereocenters. The molecule has 1 amide bonds. The van der Waals surface area contributed by atoms with Crippen molar-refractivity contribution in [3.8, 4) is 11.5 Å². The van der Waals surface area contributed by atoms with E-state index in [0.29, 0.717) is 5.75 Å². The molecule has 0 aliphatic rings. The van der Waals surface area contributed by atoms with Gasteiger partial charge in [-0.3, -0.25) is 9.59 Å². The Kier molecular flexibility index (Phi) is 7.87. The number of aryl methyl sites for hydroxylation is 2. The van der Waals surface area contributed by atoms with E-state index in [2.05, 4.69) is 5.32 Å². The molecule has 0 saturated heterocycles. The number of hydrogen-bond donors (Lipinski definition) is 1. The van der Waals surface area contributed by atoms with Gasteiger partial charge in [0.2, 0.25) is 0 Å². The molecule has 0 bridgehead atoms. The molecule has 0 aromatic heterocycles. The van der Waals surface area contributed by atoms with Gasteiger partial charge < -0.3 is 19.5 Å². The van der Waals surface area contributed by atoms with Crippen molar-refractivity contribution < 1.29 is 23.8 Å². The summed E-state index contributed by atoms with van der Waals surface area (Å²) in [5, 5.41) is 2.79. The summed E-state index contributed by atoms with van der Waals surface area (Å²) in [7, 11) is 1.58. The Hall–Kier alpha value is -3.02. The van der Waals surface area contributed by atoms with Crippen LogP contribution in [0.1, 0.15) is 36.1 Å². The molecule has 0 aliphatic carbocycles. The van der Waals surface area contributed by atoms with Crippen molar-refractivity contribution in [3.63, 3.8) is 0 Å². The Morgan fingerprint density at radius 1 is 1.07 bits per heavy atom. The predicted molar refractivity (Wildman–Crippen MR) is 107 cm³/mol. The average molecular weight is 385 g/mol. The molecule has 1 N–H and O–H groups in total. The predicted octanol–water partition coefficient (Wildman–Crippen LogP) is 3.50. The first-order valence-electron chi connectivity index (χ1n) is 9.18. The fourth-order valence-corrected chi connectivity index (χ4v) is 2.71. The number of methoxy groups -OCH3 is 1. The zero-order valence-electron chi connectivity index (χ0n) is 16.8. The van der Waals surface area contributed by atoms with Crippen LogP contribution in [0.2, 0.25) is 0 Å². The average Bonchev–Trinajstić information content (AvgIpc) is 2.69. The van der Waals surface area contributed by atoms with Crippen molar-refractivity contribution in [1.29, 1.82) is 0 Å². The molecular formula is C22H27NO5. The van der Waals surface area contributed by atoms with Gasteiger partial charge in [0.15, 0.2) is 6.61 Å². The third-order valence-corrected chi connectivity index (χ3v) is 4.25. The van der Waals surface area contributed by atoms with E-state index in [1.807, 2.05) is 63.2 Å². The Morgan fingerprint density at radius 3 is 2.57 bits per heavy atom. The number of nitrogens with one attached hydrogen (secondary N) is 1. The van der Waals surface area contributed by atoms with Crippen LogP contribution in [0.25, 0.3) is 0 Å². The van der Waals surface area contributed by atoms with E-state index in [4.69, 9.17) is 14.2 Å². The summed E-state index contributed by atoms with van der Waals surface area (Å²) in [5.74, 6) is 0.583. The van der Waals surface area contributed by atoms with Crippen LogP contribution in [-0.2, 0) is 14.3 Å². The lowest BCUT2D eigenvalue weighted by Gasteiger charge is -2.17. The normalized spacial score (nSPS) is 11.4. The standard InChI is InChI=1S/C22H27NO5/c1-15-9-10-16(2)20(13-15)27-12-11-22(25)28-14-21(24)23-17(3)18-7-5-6-8-19(18)26-4/h5-10,13,17H,11-12,14H2,1-4H3,(H,23,24). The Labute approximate surface area is 165 Å². The van der Waals surface area contributed by atoms with Crippen LogP contribution in [0.3, 0.4) is 0 Å². The summed E-state index contributed by atoms with van der Waals surface area (Å²) >= 11 is 0. The third kappa shape index (κ3) is 6.30. The second-order valence-electron chi connectivity index (χ2n) is 6.56. The van der Waals surface area contributed by atoms with E-state index < -0.39 is 5.97 Å². The maximum absolute atomic E-state index is 12.0. The van der Waals surface area contributed by atoms with Crippen LogP contribution in [0.15, 0.2) is 42.5 Å². The smallest absolute Gasteiger partial charge is 0.309 e. The zero-order valence-corrected chi connectivity index (χ0v) is 16.8. The number of esters is 1. The molecular weight excluding hydrogens is 358 g/mol. The largest absolute Gasteiger partial charge is 0.496 e. The highest BCUT2D eigenvalue weighted by molar-refractivity contribution is 5.81. The highest BCUT2D eigenvalue weighted by Gasteiger charge is 2.15. The van der Waals surface area contributed by atoms with Gasteiger partial charge in [0.25, 0.3) is 5.91 Å². The number of para-hydroxylation sites is 1. The van der Waals surface area contributed by atoms with Gasteiger partial charge in [-0.05, 0) is 44.0 Å². The first-order valence-corrected chi connectivity index (χ1v) is 9.18. The van der Waals surface area contributed by atoms with Gasteiger partial charge in [0.1, 0.15) is 11.5 Å². The Morgan fingerprint density at radius 2 is 1.82 bits per heavy atom. The van der Waals surface area contributed by atoms with E-state index in [-0.39, 0.29) is 31.6 Å². The molecule has 28 heavy (non-hydrogen) atoms. The number of hydrogen-bond acceptors (Lipinski definition) is 5. The molecule has 0 heterocycles. The summed E-state index contributed by atoms with van der Waals surface area (Å²) in [4.78, 5) is 23.9. The van der Waals surface area contributed by atoms with E-state index >= 15 is 0 Å². The molecule has 1 unspecified atom stereocenters. The van der Waals surface area contributed by atoms with Crippen molar-refractivity contribution in [2.45, 2.75) is 33.2 Å². The SMILES string of the molecule is COc1ccccc1C(C)NC(=O)COC(=O)CCOc1cc(C)ccc1C. The minimum Gasteiger partial charge on any atom is -0.496 e. The summed E-state index contributed by atoms with van der Waals surface area (Å²) in [6.45, 7) is 5.63. The fraction of sp³-hybridized carbons (Fsp3) is 0.364. The van der Waals surface area contributed by atoms with Crippen molar-refractivity contribution in [2.75, 3.05) is 20.3 Å². The van der Waals surface area contributed by atoms with Gasteiger partial charge in [-0.25, -0.2) is 0 Å². The van der Waals surface area contributed by atoms with Crippen molar-refractivity contribution >= 4 is 11.9 Å². The fourth-order valence-electron chi connectivity index (χ4n) is 2.71. The van der Waals surface area contributed by atoms with Crippen molar-refractivity contribution in [1.82, 2.24) is 5.32 Å². The van der Waals surface area contributed by atoms with E-state index in [0.717, 1.165) is 22.4 Å². The molecule has 0 spiro atoms. The number of carbonyl (C=O) groups excluding carboxylic acids is 2. The summed E-state index contributed by atoms with van der Waals surface area (Å²) < 4.78 is 15.9.